The van der Waals surface area contributed by atoms with Gasteiger partial charge in [-0.15, -0.1) is 0 Å². The molecule has 2 aliphatic rings. The molecule has 0 radical (unpaired) electrons. The summed E-state index contributed by atoms with van der Waals surface area (Å²) < 4.78 is 5.37. The van der Waals surface area contributed by atoms with Gasteiger partial charge in [-0.05, 0) is 66.8 Å². The lowest BCUT2D eigenvalue weighted by molar-refractivity contribution is 0.230. The van der Waals surface area contributed by atoms with E-state index in [1.165, 1.54) is 31.2 Å². The predicted molar refractivity (Wildman–Crippen MR) is 69.6 cm³/mol. The van der Waals surface area contributed by atoms with Gasteiger partial charge in [0.1, 0.15) is 5.75 Å². The van der Waals surface area contributed by atoms with Crippen molar-refractivity contribution in [3.05, 3.63) is 29.3 Å². The third kappa shape index (κ3) is 1.58. The molecule has 0 saturated heterocycles. The van der Waals surface area contributed by atoms with Crippen LogP contribution < -0.4 is 10.5 Å². The fourth-order valence-corrected chi connectivity index (χ4v) is 3.70. The van der Waals surface area contributed by atoms with Gasteiger partial charge < -0.3 is 10.5 Å². The summed E-state index contributed by atoms with van der Waals surface area (Å²) >= 11 is 0. The van der Waals surface area contributed by atoms with E-state index in [-0.39, 0.29) is 0 Å². The zero-order valence-corrected chi connectivity index (χ0v) is 10.5. The number of hydrogen-bond acceptors (Lipinski definition) is 2. The molecule has 92 valence electrons. The Morgan fingerprint density at radius 1 is 1.41 bits per heavy atom. The van der Waals surface area contributed by atoms with Crippen molar-refractivity contribution in [2.24, 2.45) is 5.73 Å². The van der Waals surface area contributed by atoms with Crippen molar-refractivity contribution < 1.29 is 4.74 Å². The molecule has 17 heavy (non-hydrogen) atoms. The normalized spacial score (nSPS) is 24.5. The summed E-state index contributed by atoms with van der Waals surface area (Å²) in [6, 6.07) is 6.63. The van der Waals surface area contributed by atoms with Gasteiger partial charge in [-0.3, -0.25) is 0 Å². The Bertz CT molecular complexity index is 423. The predicted octanol–water partition coefficient (Wildman–Crippen LogP) is 2.95. The zero-order valence-electron chi connectivity index (χ0n) is 10.5. The van der Waals surface area contributed by atoms with Crippen LogP contribution in [-0.2, 0) is 5.41 Å². The third-order valence-corrected chi connectivity index (χ3v) is 4.73. The number of methoxy groups -OCH3 is 1. The second-order valence-corrected chi connectivity index (χ2v) is 5.57. The van der Waals surface area contributed by atoms with Crippen LogP contribution in [-0.4, -0.2) is 13.7 Å². The number of benzene rings is 1. The average Bonchev–Trinajstić information content (AvgIpc) is 2.64. The van der Waals surface area contributed by atoms with E-state index in [0.29, 0.717) is 11.3 Å². The highest BCUT2D eigenvalue weighted by molar-refractivity contribution is 5.48. The van der Waals surface area contributed by atoms with Gasteiger partial charge in [0.05, 0.1) is 7.11 Å². The SMILES string of the molecule is COc1ccc2c(c1)C1(CCC1)CC2CCN. The van der Waals surface area contributed by atoms with E-state index in [2.05, 4.69) is 18.2 Å². The number of hydrogen-bond donors (Lipinski definition) is 1. The first-order valence-corrected chi connectivity index (χ1v) is 6.67. The molecule has 0 heterocycles. The Hall–Kier alpha value is -1.02. The smallest absolute Gasteiger partial charge is 0.119 e. The van der Waals surface area contributed by atoms with Crippen molar-refractivity contribution in [3.8, 4) is 5.75 Å². The Morgan fingerprint density at radius 2 is 2.24 bits per heavy atom. The van der Waals surface area contributed by atoms with Gasteiger partial charge in [0, 0.05) is 0 Å². The second kappa shape index (κ2) is 4.02. The van der Waals surface area contributed by atoms with Crippen LogP contribution >= 0.6 is 0 Å². The summed E-state index contributed by atoms with van der Waals surface area (Å²) in [7, 11) is 1.75. The van der Waals surface area contributed by atoms with E-state index < -0.39 is 0 Å². The van der Waals surface area contributed by atoms with Gasteiger partial charge in [0.2, 0.25) is 0 Å². The molecule has 0 bridgehead atoms. The van der Waals surface area contributed by atoms with E-state index >= 15 is 0 Å². The first-order chi connectivity index (χ1) is 8.29. The first-order valence-electron chi connectivity index (χ1n) is 6.67. The fraction of sp³-hybridized carbons (Fsp3) is 0.600. The summed E-state index contributed by atoms with van der Waals surface area (Å²) in [6.07, 6.45) is 6.53. The van der Waals surface area contributed by atoms with Crippen LogP contribution in [0.1, 0.15) is 49.1 Å². The quantitative estimate of drug-likeness (QED) is 0.868. The molecular weight excluding hydrogens is 210 g/mol. The molecule has 2 aliphatic carbocycles. The molecule has 0 aromatic heterocycles. The molecule has 2 nitrogen and oxygen atoms in total. The monoisotopic (exact) mass is 231 g/mol. The van der Waals surface area contributed by atoms with Crippen LogP contribution in [0.3, 0.4) is 0 Å². The highest BCUT2D eigenvalue weighted by Gasteiger charge is 2.47. The number of ether oxygens (including phenoxy) is 1. The van der Waals surface area contributed by atoms with Crippen molar-refractivity contribution in [1.82, 2.24) is 0 Å². The number of fused-ring (bicyclic) bond motifs is 2. The Morgan fingerprint density at radius 3 is 2.82 bits per heavy atom. The molecule has 0 amide bonds. The first kappa shape index (κ1) is 11.1. The van der Waals surface area contributed by atoms with Crippen molar-refractivity contribution in [3.63, 3.8) is 0 Å². The molecule has 1 fully saturated rings. The third-order valence-electron chi connectivity index (χ3n) is 4.73. The maximum absolute atomic E-state index is 5.74. The molecule has 1 saturated carbocycles. The van der Waals surface area contributed by atoms with E-state index in [9.17, 15) is 0 Å². The lowest BCUT2D eigenvalue weighted by Crippen LogP contribution is -2.31. The minimum atomic E-state index is 0.476. The van der Waals surface area contributed by atoms with Crippen molar-refractivity contribution in [1.29, 1.82) is 0 Å². The van der Waals surface area contributed by atoms with Crippen LogP contribution in [0, 0.1) is 0 Å². The highest BCUT2D eigenvalue weighted by Crippen LogP contribution is 2.57. The van der Waals surface area contributed by atoms with Crippen LogP contribution in [0.15, 0.2) is 18.2 Å². The van der Waals surface area contributed by atoms with Crippen molar-refractivity contribution in [2.75, 3.05) is 13.7 Å². The minimum Gasteiger partial charge on any atom is -0.497 e. The molecule has 1 atom stereocenters. The van der Waals surface area contributed by atoms with Crippen LogP contribution in [0.25, 0.3) is 0 Å². The van der Waals surface area contributed by atoms with E-state index in [0.717, 1.165) is 18.7 Å². The van der Waals surface area contributed by atoms with Crippen LogP contribution in [0.5, 0.6) is 5.75 Å². The van der Waals surface area contributed by atoms with Gasteiger partial charge in [0.15, 0.2) is 0 Å². The largest absolute Gasteiger partial charge is 0.497 e. The van der Waals surface area contributed by atoms with E-state index in [1.54, 1.807) is 12.7 Å². The Kier molecular flexibility index (Phi) is 2.62. The fourth-order valence-electron chi connectivity index (χ4n) is 3.70. The number of nitrogens with two attached hydrogens (primary N) is 1. The molecular formula is C15H21NO. The maximum Gasteiger partial charge on any atom is 0.119 e. The Labute approximate surface area is 103 Å². The molecule has 1 unspecified atom stereocenters. The van der Waals surface area contributed by atoms with E-state index in [4.69, 9.17) is 10.5 Å². The lowest BCUT2D eigenvalue weighted by Gasteiger charge is -2.40. The molecule has 2 heteroatoms. The van der Waals surface area contributed by atoms with Gasteiger partial charge in [-0.25, -0.2) is 0 Å². The second-order valence-electron chi connectivity index (χ2n) is 5.57. The zero-order chi connectivity index (χ0) is 11.9. The van der Waals surface area contributed by atoms with Crippen LogP contribution in [0.4, 0.5) is 0 Å². The average molecular weight is 231 g/mol. The number of rotatable bonds is 3. The van der Waals surface area contributed by atoms with Gasteiger partial charge in [-0.1, -0.05) is 12.5 Å². The maximum atomic E-state index is 5.74. The lowest BCUT2D eigenvalue weighted by atomic mass is 9.65. The summed E-state index contributed by atoms with van der Waals surface area (Å²) in [5.41, 5.74) is 9.32. The molecule has 2 N–H and O–H groups in total. The van der Waals surface area contributed by atoms with Gasteiger partial charge >= 0.3 is 0 Å². The van der Waals surface area contributed by atoms with Crippen LogP contribution in [0.2, 0.25) is 0 Å². The summed E-state index contributed by atoms with van der Waals surface area (Å²) in [5, 5.41) is 0. The highest BCUT2D eigenvalue weighted by atomic mass is 16.5. The van der Waals surface area contributed by atoms with Crippen molar-refractivity contribution >= 4 is 0 Å². The van der Waals surface area contributed by atoms with Gasteiger partial charge in [-0.2, -0.15) is 0 Å². The summed E-state index contributed by atoms with van der Waals surface area (Å²) in [5.74, 6) is 1.68. The summed E-state index contributed by atoms with van der Waals surface area (Å²) in [4.78, 5) is 0. The van der Waals surface area contributed by atoms with E-state index in [1.807, 2.05) is 0 Å². The standard InChI is InChI=1S/C15H21NO/c1-17-12-3-4-13-11(5-8-16)10-15(6-2-7-15)14(13)9-12/h3-4,9,11H,2,5-8,10,16H2,1H3. The van der Waals surface area contributed by atoms with Gasteiger partial charge in [0.25, 0.3) is 0 Å². The molecule has 1 aromatic carbocycles. The molecule has 0 aliphatic heterocycles. The minimum absolute atomic E-state index is 0.476. The van der Waals surface area contributed by atoms with Crippen molar-refractivity contribution in [2.45, 2.75) is 43.4 Å². The molecule has 3 rings (SSSR count). The topological polar surface area (TPSA) is 35.2 Å². The molecule has 1 aromatic rings. The summed E-state index contributed by atoms with van der Waals surface area (Å²) in [6.45, 7) is 0.798. The molecule has 1 spiro atoms. The Balaban J connectivity index is 2.01.